The van der Waals surface area contributed by atoms with Gasteiger partial charge in [0.25, 0.3) is 11.8 Å². The van der Waals surface area contributed by atoms with E-state index >= 15 is 0 Å². The second-order valence-electron chi connectivity index (χ2n) is 6.53. The van der Waals surface area contributed by atoms with Crippen LogP contribution in [0.4, 0.5) is 11.4 Å². The molecule has 7 nitrogen and oxygen atoms in total. The van der Waals surface area contributed by atoms with E-state index in [1.54, 1.807) is 24.3 Å². The van der Waals surface area contributed by atoms with Crippen LogP contribution in [0.2, 0.25) is 0 Å². The van der Waals surface area contributed by atoms with Crippen molar-refractivity contribution >= 4 is 67.5 Å². The minimum absolute atomic E-state index is 0.0949. The van der Waals surface area contributed by atoms with E-state index in [0.29, 0.717) is 16.9 Å². The van der Waals surface area contributed by atoms with Crippen molar-refractivity contribution in [1.29, 1.82) is 0 Å². The molecule has 0 aliphatic carbocycles. The number of nitrogens with zero attached hydrogens (tertiary/aromatic N) is 2. The van der Waals surface area contributed by atoms with E-state index in [1.165, 1.54) is 4.90 Å². The maximum Gasteiger partial charge on any atom is 0.287 e. The first kappa shape index (κ1) is 19.4. The van der Waals surface area contributed by atoms with Crippen LogP contribution in [0.3, 0.4) is 0 Å². The zero-order valence-corrected chi connectivity index (χ0v) is 17.6. The summed E-state index contributed by atoms with van der Waals surface area (Å²) in [5.74, 6) is -1.32. The average molecular weight is 471 g/mol. The molecule has 2 heterocycles. The monoisotopic (exact) mass is 470 g/mol. The van der Waals surface area contributed by atoms with Crippen molar-refractivity contribution in [3.05, 3.63) is 63.0 Å². The fraction of sp³-hybridized carbons (Fsp3) is 0.100. The van der Waals surface area contributed by atoms with Gasteiger partial charge >= 0.3 is 0 Å². The van der Waals surface area contributed by atoms with Gasteiger partial charge < -0.3 is 11.1 Å². The zero-order chi connectivity index (χ0) is 20.7. The number of aliphatic imine (C=N–C) groups is 1. The molecule has 0 atom stereocenters. The van der Waals surface area contributed by atoms with Gasteiger partial charge in [-0.2, -0.15) is 4.99 Å². The molecule has 3 N–H and O–H groups in total. The van der Waals surface area contributed by atoms with Crippen molar-refractivity contribution in [2.75, 3.05) is 16.8 Å². The van der Waals surface area contributed by atoms with E-state index in [0.717, 1.165) is 21.8 Å². The van der Waals surface area contributed by atoms with E-state index in [1.807, 2.05) is 25.1 Å². The summed E-state index contributed by atoms with van der Waals surface area (Å²) < 4.78 is 0.748. The first-order chi connectivity index (χ1) is 13.8. The van der Waals surface area contributed by atoms with Gasteiger partial charge in [0.15, 0.2) is 5.17 Å². The van der Waals surface area contributed by atoms with Crippen LogP contribution in [0.5, 0.6) is 0 Å². The van der Waals surface area contributed by atoms with Crippen molar-refractivity contribution in [3.8, 4) is 0 Å². The van der Waals surface area contributed by atoms with Crippen LogP contribution in [-0.4, -0.2) is 29.4 Å². The number of hydrogen-bond acceptors (Lipinski definition) is 5. The summed E-state index contributed by atoms with van der Waals surface area (Å²) in [6.45, 7) is 1.74. The number of anilines is 2. The lowest BCUT2D eigenvalue weighted by Gasteiger charge is -2.17. The van der Waals surface area contributed by atoms with Gasteiger partial charge in [0.05, 0.1) is 16.2 Å². The molecule has 2 aromatic carbocycles. The predicted molar refractivity (Wildman–Crippen MR) is 117 cm³/mol. The largest absolute Gasteiger partial charge is 0.378 e. The number of amidine groups is 1. The van der Waals surface area contributed by atoms with Gasteiger partial charge in [-0.3, -0.25) is 19.3 Å². The van der Waals surface area contributed by atoms with Crippen LogP contribution in [0.25, 0.3) is 5.57 Å². The number of carbonyl (C=O) groups excluding carboxylic acids is 3. The van der Waals surface area contributed by atoms with Crippen molar-refractivity contribution in [1.82, 2.24) is 0 Å². The van der Waals surface area contributed by atoms with Gasteiger partial charge in [0.2, 0.25) is 5.91 Å². The van der Waals surface area contributed by atoms with Gasteiger partial charge in [-0.05, 0) is 54.6 Å². The lowest BCUT2D eigenvalue weighted by molar-refractivity contribution is -0.118. The maximum absolute atomic E-state index is 13.2. The molecule has 146 valence electrons. The summed E-state index contributed by atoms with van der Waals surface area (Å²) in [4.78, 5) is 43.2. The highest BCUT2D eigenvalue weighted by Crippen LogP contribution is 2.43. The Morgan fingerprint density at radius 1 is 1.24 bits per heavy atom. The molecule has 0 saturated heterocycles. The van der Waals surface area contributed by atoms with Crippen LogP contribution < -0.4 is 16.0 Å². The molecule has 0 spiro atoms. The second kappa shape index (κ2) is 7.49. The number of benzene rings is 2. The molecule has 29 heavy (non-hydrogen) atoms. The summed E-state index contributed by atoms with van der Waals surface area (Å²) in [7, 11) is 0. The third-order valence-corrected chi connectivity index (χ3v) is 5.80. The fourth-order valence-corrected chi connectivity index (χ4v) is 4.36. The van der Waals surface area contributed by atoms with Gasteiger partial charge in [-0.15, -0.1) is 0 Å². The van der Waals surface area contributed by atoms with Crippen LogP contribution in [0, 0.1) is 6.92 Å². The summed E-state index contributed by atoms with van der Waals surface area (Å²) in [6.07, 6.45) is 0. The van der Waals surface area contributed by atoms with Crippen LogP contribution in [0.15, 0.2) is 56.8 Å². The molecule has 0 unspecified atom stereocenters. The minimum atomic E-state index is -0.548. The normalized spacial score (nSPS) is 18.1. The summed E-state index contributed by atoms with van der Waals surface area (Å²) >= 11 is 4.36. The van der Waals surface area contributed by atoms with Crippen molar-refractivity contribution in [2.45, 2.75) is 6.92 Å². The zero-order valence-electron chi connectivity index (χ0n) is 15.2. The molecule has 2 aliphatic heterocycles. The molecule has 0 fully saturated rings. The molecule has 4 rings (SSSR count). The van der Waals surface area contributed by atoms with E-state index in [-0.39, 0.29) is 28.1 Å². The molecule has 2 aromatic rings. The summed E-state index contributed by atoms with van der Waals surface area (Å²) in [6, 6.07) is 12.7. The molecule has 3 amide bonds. The Bertz CT molecular complexity index is 1140. The summed E-state index contributed by atoms with van der Waals surface area (Å²) in [5.41, 5.74) is 8.64. The molecule has 0 saturated carbocycles. The Balaban J connectivity index is 1.67. The quantitative estimate of drug-likeness (QED) is 0.670. The Kier molecular flexibility index (Phi) is 5.01. The number of nitrogens with one attached hydrogen (secondary N) is 1. The Morgan fingerprint density at radius 2 is 2.03 bits per heavy atom. The number of rotatable bonds is 3. The van der Waals surface area contributed by atoms with Crippen molar-refractivity contribution in [3.63, 3.8) is 0 Å². The summed E-state index contributed by atoms with van der Waals surface area (Å²) in [5, 5.41) is 2.89. The Labute approximate surface area is 179 Å². The molecular formula is C20H15BrN4O3S. The highest BCUT2D eigenvalue weighted by molar-refractivity contribution is 9.10. The van der Waals surface area contributed by atoms with E-state index in [2.05, 4.69) is 26.2 Å². The standard InChI is InChI=1S/C20H15BrN4O3S/c1-10-3-2-4-12(7-10)23-15(26)9-25-14-6-5-11(21)8-13(14)16(19(25)28)17-18(27)24-20(22)29-17/h2-8H,9H2,1H3,(H,23,26)(H2,22,24,27)/b17-16+. The molecular weight excluding hydrogens is 456 g/mol. The number of halogens is 1. The van der Waals surface area contributed by atoms with E-state index in [9.17, 15) is 14.4 Å². The Morgan fingerprint density at radius 3 is 2.72 bits per heavy atom. The first-order valence-corrected chi connectivity index (χ1v) is 10.2. The van der Waals surface area contributed by atoms with Crippen molar-refractivity contribution < 1.29 is 14.4 Å². The molecule has 0 aromatic heterocycles. The number of thioether (sulfide) groups is 1. The first-order valence-electron chi connectivity index (χ1n) is 8.62. The van der Waals surface area contributed by atoms with E-state index in [4.69, 9.17) is 5.73 Å². The topological polar surface area (TPSA) is 105 Å². The SMILES string of the molecule is Cc1cccc(NC(=O)CN2C(=O)/C(=C3/SC(N)=NC3=O)c3cc(Br)ccc32)c1. The fourth-order valence-electron chi connectivity index (χ4n) is 3.23. The predicted octanol–water partition coefficient (Wildman–Crippen LogP) is 3.04. The number of amides is 3. The number of carbonyl (C=O) groups is 3. The number of fused-ring (bicyclic) bond motifs is 1. The number of aryl methyl sites for hydroxylation is 1. The lowest BCUT2D eigenvalue weighted by atomic mass is 10.1. The average Bonchev–Trinajstić information content (AvgIpc) is 3.10. The molecule has 9 heteroatoms. The Hall–Kier alpha value is -2.91. The molecule has 2 aliphatic rings. The second-order valence-corrected chi connectivity index (χ2v) is 8.48. The van der Waals surface area contributed by atoms with Crippen molar-refractivity contribution in [2.24, 2.45) is 10.7 Å². The highest BCUT2D eigenvalue weighted by atomic mass is 79.9. The van der Waals surface area contributed by atoms with Gasteiger partial charge in [-0.1, -0.05) is 28.1 Å². The van der Waals surface area contributed by atoms with Crippen LogP contribution in [-0.2, 0) is 14.4 Å². The molecule has 0 radical (unpaired) electrons. The number of nitrogens with two attached hydrogens (primary N) is 1. The highest BCUT2D eigenvalue weighted by Gasteiger charge is 2.39. The third-order valence-electron chi connectivity index (χ3n) is 4.42. The van der Waals surface area contributed by atoms with Gasteiger partial charge in [0, 0.05) is 15.7 Å². The van der Waals surface area contributed by atoms with Crippen LogP contribution in [0.1, 0.15) is 11.1 Å². The van der Waals surface area contributed by atoms with Gasteiger partial charge in [0.1, 0.15) is 6.54 Å². The lowest BCUT2D eigenvalue weighted by Crippen LogP contribution is -2.35. The maximum atomic E-state index is 13.2. The minimum Gasteiger partial charge on any atom is -0.378 e. The number of hydrogen-bond donors (Lipinski definition) is 2. The van der Waals surface area contributed by atoms with Gasteiger partial charge in [-0.25, -0.2) is 0 Å². The van der Waals surface area contributed by atoms with Crippen LogP contribution >= 0.6 is 27.7 Å². The van der Waals surface area contributed by atoms with E-state index < -0.39 is 11.8 Å². The smallest absolute Gasteiger partial charge is 0.287 e. The molecule has 0 bridgehead atoms. The third kappa shape index (κ3) is 3.70.